The molecule has 34 heavy (non-hydrogen) atoms. The highest BCUT2D eigenvalue weighted by Gasteiger charge is 2.38. The number of ether oxygens (including phenoxy) is 3. The molecule has 11 nitrogen and oxygen atoms in total. The van der Waals surface area contributed by atoms with Crippen molar-refractivity contribution in [3.8, 4) is 0 Å². The summed E-state index contributed by atoms with van der Waals surface area (Å²) in [4.78, 5) is 60.2. The fourth-order valence-electron chi connectivity index (χ4n) is 3.04. The minimum Gasteiger partial charge on any atom is -0.460 e. The van der Waals surface area contributed by atoms with E-state index in [9.17, 15) is 24.0 Å². The van der Waals surface area contributed by atoms with Crippen molar-refractivity contribution in [3.05, 3.63) is 0 Å². The summed E-state index contributed by atoms with van der Waals surface area (Å²) in [5.74, 6) is -0.889. The van der Waals surface area contributed by atoms with Crippen LogP contribution in [0.5, 0.6) is 0 Å². The van der Waals surface area contributed by atoms with Gasteiger partial charge >= 0.3 is 5.97 Å². The number of hydrogen-bond acceptors (Lipinski definition) is 10. The largest absolute Gasteiger partial charge is 0.460 e. The zero-order valence-electron chi connectivity index (χ0n) is 20.1. The number of thioether (sulfide) groups is 1. The van der Waals surface area contributed by atoms with Gasteiger partial charge in [0.15, 0.2) is 6.29 Å². The van der Waals surface area contributed by atoms with Gasteiger partial charge in [-0.25, -0.2) is 0 Å². The van der Waals surface area contributed by atoms with E-state index < -0.39 is 23.6 Å². The molecule has 0 saturated carbocycles. The number of hydrogen-bond donors (Lipinski definition) is 2. The normalized spacial score (nSPS) is 17.5. The average Bonchev–Trinajstić information content (AvgIpc) is 3.07. The van der Waals surface area contributed by atoms with Crippen molar-refractivity contribution in [2.24, 2.45) is 0 Å². The molecule has 0 spiro atoms. The molecule has 0 bridgehead atoms. The number of imide groups is 1. The van der Waals surface area contributed by atoms with Crippen molar-refractivity contribution >= 4 is 41.2 Å². The Labute approximate surface area is 204 Å². The Hall–Kier alpha value is -2.02. The van der Waals surface area contributed by atoms with Gasteiger partial charge in [-0.15, -0.1) is 11.8 Å². The number of carbonyl (C=O) groups is 5. The number of methoxy groups -OCH3 is 1. The lowest BCUT2D eigenvalue weighted by molar-refractivity contribution is -0.194. The van der Waals surface area contributed by atoms with Crippen LogP contribution in [-0.4, -0.2) is 96.3 Å². The molecule has 0 aliphatic carbocycles. The zero-order chi connectivity index (χ0) is 25.5. The fraction of sp³-hybridized carbons (Fsp3) is 0.773. The average molecular weight is 505 g/mol. The first-order valence-corrected chi connectivity index (χ1v) is 12.4. The Morgan fingerprint density at radius 2 is 1.97 bits per heavy atom. The van der Waals surface area contributed by atoms with Crippen LogP contribution in [0.15, 0.2) is 0 Å². The van der Waals surface area contributed by atoms with Crippen molar-refractivity contribution in [1.82, 2.24) is 10.2 Å². The quantitative estimate of drug-likeness (QED) is 0.116. The minimum atomic E-state index is -0.773. The summed E-state index contributed by atoms with van der Waals surface area (Å²) in [6, 6.07) is 0. The van der Waals surface area contributed by atoms with Gasteiger partial charge in [-0.1, -0.05) is 6.92 Å². The molecule has 3 amide bonds. The summed E-state index contributed by atoms with van der Waals surface area (Å²) in [5.41, 5.74) is 0. The highest BCUT2D eigenvalue weighted by Crippen LogP contribution is 2.25. The number of likely N-dealkylation sites (tertiary alicyclic amines) is 1. The number of amides is 3. The molecular formula is C22H36N2O9S. The van der Waals surface area contributed by atoms with Gasteiger partial charge in [0.25, 0.3) is 0 Å². The molecule has 3 atom stereocenters. The number of Topliss-reactive ketones (excluding diaryl/α,β-unsaturated/α-hetero) is 1. The second-order valence-corrected chi connectivity index (χ2v) is 9.11. The van der Waals surface area contributed by atoms with Gasteiger partial charge < -0.3 is 24.6 Å². The highest BCUT2D eigenvalue weighted by atomic mass is 32.2. The molecule has 1 saturated heterocycles. The third-order valence-corrected chi connectivity index (χ3v) is 6.28. The summed E-state index contributed by atoms with van der Waals surface area (Å²) in [7, 11) is 1.41. The number of aliphatic hydroxyl groups excluding tert-OH is 1. The van der Waals surface area contributed by atoms with E-state index >= 15 is 0 Å². The van der Waals surface area contributed by atoms with Crippen LogP contribution in [0.25, 0.3) is 0 Å². The van der Waals surface area contributed by atoms with Crippen LogP contribution in [0.3, 0.4) is 0 Å². The van der Waals surface area contributed by atoms with Gasteiger partial charge in [0.2, 0.25) is 17.7 Å². The molecule has 1 fully saturated rings. The molecule has 12 heteroatoms. The molecule has 194 valence electrons. The van der Waals surface area contributed by atoms with E-state index in [4.69, 9.17) is 19.3 Å². The number of ketones is 1. The molecule has 2 N–H and O–H groups in total. The van der Waals surface area contributed by atoms with Crippen LogP contribution in [0.1, 0.15) is 52.4 Å². The monoisotopic (exact) mass is 504 g/mol. The molecular weight excluding hydrogens is 468 g/mol. The van der Waals surface area contributed by atoms with E-state index in [1.165, 1.54) is 25.8 Å². The SMILES string of the molecule is CCC(CO)OC(COC(=O)CCCC(=O)NCCSC1CC(=O)N(CCC(C)=O)C1=O)OC. The van der Waals surface area contributed by atoms with Gasteiger partial charge in [-0.3, -0.25) is 28.9 Å². The lowest BCUT2D eigenvalue weighted by Crippen LogP contribution is -2.33. The molecule has 1 rings (SSSR count). The minimum absolute atomic E-state index is 0.0601. The van der Waals surface area contributed by atoms with Crippen molar-refractivity contribution < 1.29 is 43.3 Å². The van der Waals surface area contributed by atoms with Gasteiger partial charge in [0, 0.05) is 51.6 Å². The van der Waals surface area contributed by atoms with Crippen LogP contribution in [0, 0.1) is 0 Å². The van der Waals surface area contributed by atoms with Gasteiger partial charge in [0.05, 0.1) is 18.0 Å². The highest BCUT2D eigenvalue weighted by molar-refractivity contribution is 8.00. The van der Waals surface area contributed by atoms with Gasteiger partial charge in [0.1, 0.15) is 12.4 Å². The summed E-state index contributed by atoms with van der Waals surface area (Å²) >= 11 is 1.30. The number of rotatable bonds is 18. The van der Waals surface area contributed by atoms with Crippen LogP contribution < -0.4 is 5.32 Å². The Bertz CT molecular complexity index is 700. The molecule has 0 radical (unpaired) electrons. The Kier molecular flexibility index (Phi) is 14.6. The van der Waals surface area contributed by atoms with E-state index in [0.29, 0.717) is 25.1 Å². The molecule has 1 aliphatic rings. The molecule has 0 aromatic rings. The number of carbonyl (C=O) groups excluding carboxylic acids is 5. The summed E-state index contributed by atoms with van der Waals surface area (Å²) in [6.07, 6.45) is 0.191. The first kappa shape index (κ1) is 30.0. The van der Waals surface area contributed by atoms with Crippen molar-refractivity contribution in [2.75, 3.05) is 39.2 Å². The van der Waals surface area contributed by atoms with E-state index in [1.807, 2.05) is 6.92 Å². The summed E-state index contributed by atoms with van der Waals surface area (Å²) < 4.78 is 15.6. The Morgan fingerprint density at radius 3 is 2.59 bits per heavy atom. The Balaban J connectivity index is 2.16. The van der Waals surface area contributed by atoms with E-state index in [2.05, 4.69) is 5.32 Å². The maximum atomic E-state index is 12.3. The number of nitrogens with zero attached hydrogens (tertiary/aromatic N) is 1. The van der Waals surface area contributed by atoms with Crippen molar-refractivity contribution in [2.45, 2.75) is 70.0 Å². The summed E-state index contributed by atoms with van der Waals surface area (Å²) in [5, 5.41) is 11.4. The number of esters is 1. The second kappa shape index (κ2) is 16.6. The molecule has 0 aromatic carbocycles. The molecule has 0 aromatic heterocycles. The van der Waals surface area contributed by atoms with Crippen molar-refractivity contribution in [3.63, 3.8) is 0 Å². The maximum absolute atomic E-state index is 12.3. The van der Waals surface area contributed by atoms with Crippen LogP contribution in [0.4, 0.5) is 0 Å². The fourth-order valence-corrected chi connectivity index (χ4v) is 4.07. The third kappa shape index (κ3) is 11.4. The van der Waals surface area contributed by atoms with E-state index in [1.54, 1.807) is 0 Å². The smallest absolute Gasteiger partial charge is 0.305 e. The van der Waals surface area contributed by atoms with Gasteiger partial charge in [-0.05, 0) is 19.8 Å². The first-order valence-electron chi connectivity index (χ1n) is 11.4. The first-order chi connectivity index (χ1) is 16.2. The predicted molar refractivity (Wildman–Crippen MR) is 124 cm³/mol. The molecule has 1 heterocycles. The topological polar surface area (TPSA) is 149 Å². The predicted octanol–water partition coefficient (Wildman–Crippen LogP) is 0.416. The van der Waals surface area contributed by atoms with Gasteiger partial charge in [-0.2, -0.15) is 0 Å². The summed E-state index contributed by atoms with van der Waals surface area (Å²) in [6.45, 7) is 3.44. The van der Waals surface area contributed by atoms with Crippen LogP contribution in [0.2, 0.25) is 0 Å². The maximum Gasteiger partial charge on any atom is 0.305 e. The number of nitrogens with one attached hydrogen (secondary N) is 1. The third-order valence-electron chi connectivity index (χ3n) is 5.06. The van der Waals surface area contributed by atoms with Crippen molar-refractivity contribution in [1.29, 1.82) is 0 Å². The Morgan fingerprint density at radius 1 is 1.24 bits per heavy atom. The van der Waals surface area contributed by atoms with E-state index in [0.717, 1.165) is 4.90 Å². The second-order valence-electron chi connectivity index (χ2n) is 7.80. The lowest BCUT2D eigenvalue weighted by Gasteiger charge is -2.21. The standard InChI is InChI=1S/C22H36N2O9S/c1-4-16(13-25)33-21(31-3)14-32-20(29)7-5-6-18(27)23-9-11-34-17-12-19(28)24(22(17)30)10-8-15(2)26/h16-17,21,25H,4-14H2,1-3H3,(H,23,27). The molecule has 1 aliphatic heterocycles. The molecule has 3 unspecified atom stereocenters. The lowest BCUT2D eigenvalue weighted by atomic mass is 10.2. The van der Waals surface area contributed by atoms with Crippen LogP contribution >= 0.6 is 11.8 Å². The zero-order valence-corrected chi connectivity index (χ0v) is 20.9. The van der Waals surface area contributed by atoms with E-state index in [-0.39, 0.29) is 68.9 Å². The number of aliphatic hydroxyl groups is 1. The van der Waals surface area contributed by atoms with Crippen LogP contribution in [-0.2, 0) is 38.2 Å².